The third-order valence-corrected chi connectivity index (χ3v) is 4.58. The zero-order valence-electron chi connectivity index (χ0n) is 14.3. The highest BCUT2D eigenvalue weighted by Gasteiger charge is 2.41. The summed E-state index contributed by atoms with van der Waals surface area (Å²) in [6.07, 6.45) is 6.35. The van der Waals surface area contributed by atoms with E-state index in [1.54, 1.807) is 12.7 Å². The molecule has 2 bridgehead atoms. The molecule has 0 aliphatic carbocycles. The molecule has 0 saturated carbocycles. The second-order valence-electron chi connectivity index (χ2n) is 7.52. The number of amides is 1. The summed E-state index contributed by atoms with van der Waals surface area (Å²) in [5.41, 5.74) is -0.435. The lowest BCUT2D eigenvalue weighted by Gasteiger charge is -2.31. The van der Waals surface area contributed by atoms with Crippen LogP contribution in [0.2, 0.25) is 0 Å². The molecule has 2 unspecified atom stereocenters. The lowest BCUT2D eigenvalue weighted by Crippen LogP contribution is -2.45. The summed E-state index contributed by atoms with van der Waals surface area (Å²) in [5.74, 6) is 0. The van der Waals surface area contributed by atoms with Crippen LogP contribution in [0.5, 0.6) is 0 Å². The molecular weight excluding hydrogens is 294 g/mol. The Kier molecular flexibility index (Phi) is 4.57. The first-order valence-electron chi connectivity index (χ1n) is 8.48. The highest BCUT2D eigenvalue weighted by Crippen LogP contribution is 2.31. The van der Waals surface area contributed by atoms with Gasteiger partial charge in [-0.3, -0.25) is 9.58 Å². The van der Waals surface area contributed by atoms with Gasteiger partial charge in [0.05, 0.1) is 6.54 Å². The Hall–Kier alpha value is -1.63. The van der Waals surface area contributed by atoms with Crippen molar-refractivity contribution in [3.63, 3.8) is 0 Å². The van der Waals surface area contributed by atoms with Gasteiger partial charge in [0.15, 0.2) is 0 Å². The number of rotatable bonds is 3. The van der Waals surface area contributed by atoms with Gasteiger partial charge in [0.1, 0.15) is 18.3 Å². The van der Waals surface area contributed by atoms with Gasteiger partial charge in [-0.15, -0.1) is 0 Å². The van der Waals surface area contributed by atoms with E-state index in [0.29, 0.717) is 6.04 Å². The van der Waals surface area contributed by atoms with Crippen LogP contribution < -0.4 is 0 Å². The van der Waals surface area contributed by atoms with Crippen LogP contribution in [-0.4, -0.2) is 68.0 Å². The summed E-state index contributed by atoms with van der Waals surface area (Å²) in [7, 11) is 0. The van der Waals surface area contributed by atoms with Gasteiger partial charge in [0, 0.05) is 31.7 Å². The van der Waals surface area contributed by atoms with Crippen LogP contribution in [0.3, 0.4) is 0 Å². The molecule has 7 nitrogen and oxygen atoms in total. The van der Waals surface area contributed by atoms with Crippen LogP contribution >= 0.6 is 0 Å². The van der Waals surface area contributed by atoms with E-state index in [4.69, 9.17) is 4.74 Å². The topological polar surface area (TPSA) is 63.5 Å². The number of nitrogens with zero attached hydrogens (tertiary/aromatic N) is 5. The van der Waals surface area contributed by atoms with E-state index in [-0.39, 0.29) is 12.1 Å². The first kappa shape index (κ1) is 16.2. The molecule has 23 heavy (non-hydrogen) atoms. The van der Waals surface area contributed by atoms with Gasteiger partial charge in [0.2, 0.25) is 0 Å². The van der Waals surface area contributed by atoms with Crippen molar-refractivity contribution in [3.05, 3.63) is 12.7 Å². The minimum absolute atomic E-state index is 0.150. The maximum atomic E-state index is 12.5. The van der Waals surface area contributed by atoms with Gasteiger partial charge < -0.3 is 9.64 Å². The molecule has 2 aliphatic heterocycles. The summed E-state index contributed by atoms with van der Waals surface area (Å²) >= 11 is 0. The maximum Gasteiger partial charge on any atom is 0.410 e. The summed E-state index contributed by atoms with van der Waals surface area (Å²) in [6, 6.07) is 0.597. The van der Waals surface area contributed by atoms with Crippen molar-refractivity contribution >= 4 is 6.09 Å². The minimum Gasteiger partial charge on any atom is -0.444 e. The third kappa shape index (κ3) is 4.02. The standard InChI is InChI=1S/C16H27N5O2/c1-16(2,3)23-15(22)21-13-4-5-14(21)10-19(7-6-13)8-9-20-12-17-11-18-20/h11-14H,4-10H2,1-3H3. The second kappa shape index (κ2) is 6.47. The summed E-state index contributed by atoms with van der Waals surface area (Å²) in [5, 5.41) is 4.15. The average molecular weight is 321 g/mol. The Morgan fingerprint density at radius 3 is 2.70 bits per heavy atom. The number of fused-ring (bicyclic) bond motifs is 2. The van der Waals surface area contributed by atoms with E-state index in [9.17, 15) is 4.79 Å². The van der Waals surface area contributed by atoms with E-state index in [0.717, 1.165) is 45.4 Å². The number of carbonyl (C=O) groups excluding carboxylic acids is 1. The average Bonchev–Trinajstić information content (AvgIpc) is 3.03. The highest BCUT2D eigenvalue weighted by molar-refractivity contribution is 5.69. The summed E-state index contributed by atoms with van der Waals surface area (Å²) in [6.45, 7) is 9.50. The van der Waals surface area contributed by atoms with Crippen LogP contribution in [0.4, 0.5) is 4.79 Å². The van der Waals surface area contributed by atoms with E-state index in [1.807, 2.05) is 30.4 Å². The molecule has 2 atom stereocenters. The van der Waals surface area contributed by atoms with Gasteiger partial charge in [0.25, 0.3) is 0 Å². The van der Waals surface area contributed by atoms with E-state index < -0.39 is 5.60 Å². The molecule has 2 saturated heterocycles. The summed E-state index contributed by atoms with van der Waals surface area (Å²) in [4.78, 5) is 21.0. The molecule has 0 radical (unpaired) electrons. The summed E-state index contributed by atoms with van der Waals surface area (Å²) < 4.78 is 7.47. The quantitative estimate of drug-likeness (QED) is 0.849. The molecule has 2 fully saturated rings. The van der Waals surface area contributed by atoms with Gasteiger partial charge in [-0.2, -0.15) is 5.10 Å². The first-order valence-corrected chi connectivity index (χ1v) is 8.48. The fraction of sp³-hybridized carbons (Fsp3) is 0.812. The molecule has 0 aromatic carbocycles. The predicted octanol–water partition coefficient (Wildman–Crippen LogP) is 1.75. The largest absolute Gasteiger partial charge is 0.444 e. The Bertz CT molecular complexity index is 525. The molecule has 128 valence electrons. The van der Waals surface area contributed by atoms with E-state index in [1.165, 1.54) is 0 Å². The lowest BCUT2D eigenvalue weighted by molar-refractivity contribution is 0.0153. The van der Waals surface area contributed by atoms with Gasteiger partial charge >= 0.3 is 6.09 Å². The minimum atomic E-state index is -0.435. The Labute approximate surface area is 137 Å². The van der Waals surface area contributed by atoms with E-state index in [2.05, 4.69) is 15.0 Å². The monoisotopic (exact) mass is 321 g/mol. The van der Waals surface area contributed by atoms with Crippen molar-refractivity contribution in [1.29, 1.82) is 0 Å². The molecule has 1 aromatic heterocycles. The van der Waals surface area contributed by atoms with Crippen molar-refractivity contribution in [1.82, 2.24) is 24.6 Å². The van der Waals surface area contributed by atoms with Crippen LogP contribution in [0.25, 0.3) is 0 Å². The number of likely N-dealkylation sites (tertiary alicyclic amines) is 1. The zero-order chi connectivity index (χ0) is 16.4. The third-order valence-electron chi connectivity index (χ3n) is 4.58. The molecule has 3 rings (SSSR count). The normalized spacial score (nSPS) is 25.4. The number of hydrogen-bond donors (Lipinski definition) is 0. The zero-order valence-corrected chi connectivity index (χ0v) is 14.3. The fourth-order valence-electron chi connectivity index (χ4n) is 3.55. The maximum absolute atomic E-state index is 12.5. The van der Waals surface area contributed by atoms with Gasteiger partial charge in [-0.05, 0) is 40.0 Å². The van der Waals surface area contributed by atoms with E-state index >= 15 is 0 Å². The molecular formula is C16H27N5O2. The Morgan fingerprint density at radius 1 is 1.22 bits per heavy atom. The van der Waals surface area contributed by atoms with Gasteiger partial charge in [-0.25, -0.2) is 9.78 Å². The van der Waals surface area contributed by atoms with Crippen molar-refractivity contribution in [2.45, 2.75) is 64.3 Å². The van der Waals surface area contributed by atoms with Crippen molar-refractivity contribution in [2.24, 2.45) is 0 Å². The SMILES string of the molecule is CC(C)(C)OC(=O)N1C2CCC1CN(CCn1cncn1)CC2. The Morgan fingerprint density at radius 2 is 2.00 bits per heavy atom. The van der Waals surface area contributed by atoms with Crippen LogP contribution in [0.15, 0.2) is 12.7 Å². The number of ether oxygens (including phenoxy) is 1. The first-order chi connectivity index (χ1) is 10.9. The molecule has 0 spiro atoms. The van der Waals surface area contributed by atoms with Crippen LogP contribution in [0, 0.1) is 0 Å². The molecule has 3 heterocycles. The van der Waals surface area contributed by atoms with Crippen molar-refractivity contribution in [3.8, 4) is 0 Å². The van der Waals surface area contributed by atoms with Crippen molar-refractivity contribution < 1.29 is 9.53 Å². The van der Waals surface area contributed by atoms with Gasteiger partial charge in [-0.1, -0.05) is 0 Å². The molecule has 1 amide bonds. The van der Waals surface area contributed by atoms with Crippen molar-refractivity contribution in [2.75, 3.05) is 19.6 Å². The number of carbonyl (C=O) groups is 1. The molecule has 1 aromatic rings. The Balaban J connectivity index is 1.59. The fourth-order valence-corrected chi connectivity index (χ4v) is 3.55. The number of aromatic nitrogens is 3. The molecule has 0 N–H and O–H groups in total. The highest BCUT2D eigenvalue weighted by atomic mass is 16.6. The molecule has 7 heteroatoms. The number of hydrogen-bond acceptors (Lipinski definition) is 5. The molecule has 2 aliphatic rings. The van der Waals surface area contributed by atoms with Crippen LogP contribution in [0.1, 0.15) is 40.0 Å². The second-order valence-corrected chi connectivity index (χ2v) is 7.52. The van der Waals surface area contributed by atoms with Crippen LogP contribution in [-0.2, 0) is 11.3 Å². The smallest absolute Gasteiger partial charge is 0.410 e. The lowest BCUT2D eigenvalue weighted by atomic mass is 10.1. The predicted molar refractivity (Wildman–Crippen MR) is 86.0 cm³/mol.